The number of benzene rings is 2. The second-order valence-electron chi connectivity index (χ2n) is 6.64. The fraction of sp³-hybridized carbons (Fsp3) is 0.143. The van der Waals surface area contributed by atoms with Gasteiger partial charge in [0.25, 0.3) is 5.69 Å². The molecule has 2 aromatic carbocycles. The maximum atomic E-state index is 12.1. The second kappa shape index (κ2) is 7.52. The van der Waals surface area contributed by atoms with Gasteiger partial charge in [-0.1, -0.05) is 23.7 Å². The van der Waals surface area contributed by atoms with Crippen molar-refractivity contribution >= 4 is 28.9 Å². The molecule has 1 aliphatic heterocycles. The van der Waals surface area contributed by atoms with Crippen LogP contribution in [0, 0.1) is 10.1 Å². The molecule has 0 N–H and O–H groups in total. The Hall–Kier alpha value is -3.45. The largest absolute Gasteiger partial charge is 0.459 e. The zero-order valence-corrected chi connectivity index (χ0v) is 16.2. The molecule has 2 heterocycles. The lowest BCUT2D eigenvalue weighted by Crippen LogP contribution is -2.23. The molecule has 1 amide bonds. The Morgan fingerprint density at radius 2 is 1.76 bits per heavy atom. The van der Waals surface area contributed by atoms with Gasteiger partial charge in [-0.15, -0.1) is 0 Å². The van der Waals surface area contributed by atoms with Crippen LogP contribution in [0.1, 0.15) is 30.7 Å². The van der Waals surface area contributed by atoms with Crippen molar-refractivity contribution in [2.75, 3.05) is 0 Å². The van der Waals surface area contributed by atoms with E-state index in [1.54, 1.807) is 36.4 Å². The van der Waals surface area contributed by atoms with Crippen LogP contribution in [0.2, 0.25) is 5.02 Å². The van der Waals surface area contributed by atoms with Crippen molar-refractivity contribution in [3.8, 4) is 11.3 Å². The van der Waals surface area contributed by atoms with Gasteiger partial charge in [-0.3, -0.25) is 14.9 Å². The number of nitro benzene ring substituents is 1. The quantitative estimate of drug-likeness (QED) is 0.437. The third-order valence-electron chi connectivity index (χ3n) is 4.73. The fourth-order valence-corrected chi connectivity index (χ4v) is 3.40. The van der Waals surface area contributed by atoms with Crippen molar-refractivity contribution in [2.45, 2.75) is 19.4 Å². The molecule has 0 bridgehead atoms. The minimum Gasteiger partial charge on any atom is -0.459 e. The number of hydrazone groups is 1. The van der Waals surface area contributed by atoms with Crippen molar-refractivity contribution in [3.05, 3.63) is 87.1 Å². The van der Waals surface area contributed by atoms with Gasteiger partial charge < -0.3 is 4.42 Å². The summed E-state index contributed by atoms with van der Waals surface area (Å²) in [4.78, 5) is 22.5. The number of hydrogen-bond donors (Lipinski definition) is 0. The molecule has 0 fully saturated rings. The van der Waals surface area contributed by atoms with Crippen LogP contribution < -0.4 is 0 Å². The van der Waals surface area contributed by atoms with Crippen LogP contribution in [0.5, 0.6) is 0 Å². The summed E-state index contributed by atoms with van der Waals surface area (Å²) >= 11 is 5.95. The molecule has 0 aliphatic carbocycles. The monoisotopic (exact) mass is 409 g/mol. The number of carbonyl (C=O) groups is 1. The van der Waals surface area contributed by atoms with Crippen LogP contribution >= 0.6 is 11.6 Å². The van der Waals surface area contributed by atoms with Crippen molar-refractivity contribution in [2.24, 2.45) is 5.10 Å². The third kappa shape index (κ3) is 3.77. The van der Waals surface area contributed by atoms with Gasteiger partial charge in [0.2, 0.25) is 5.91 Å². The van der Waals surface area contributed by atoms with Crippen LogP contribution in [-0.4, -0.2) is 21.6 Å². The Balaban J connectivity index is 1.60. The number of furan rings is 1. The van der Waals surface area contributed by atoms with E-state index in [1.807, 2.05) is 12.1 Å². The standard InChI is InChI=1S/C21H16ClN3O4/c1-13(26)24-19(12-18(23-24)14-2-6-16(22)7-3-14)21-11-10-20(29-21)15-4-8-17(9-5-15)25(27)28/h2-11,19H,12H2,1H3. The summed E-state index contributed by atoms with van der Waals surface area (Å²) in [6.45, 7) is 1.46. The molecule has 7 nitrogen and oxygen atoms in total. The number of non-ortho nitro benzene ring substituents is 1. The molecule has 1 aromatic heterocycles. The molecule has 8 heteroatoms. The molecule has 1 atom stereocenters. The number of amides is 1. The summed E-state index contributed by atoms with van der Waals surface area (Å²) in [5, 5.41) is 17.3. The first-order chi connectivity index (χ1) is 13.9. The lowest BCUT2D eigenvalue weighted by Gasteiger charge is -2.17. The van der Waals surface area contributed by atoms with E-state index >= 15 is 0 Å². The summed E-state index contributed by atoms with van der Waals surface area (Å²) in [5.74, 6) is 0.979. The number of nitrogens with zero attached hydrogens (tertiary/aromatic N) is 3. The molecule has 4 rings (SSSR count). The van der Waals surface area contributed by atoms with Crippen LogP contribution in [0.4, 0.5) is 5.69 Å². The van der Waals surface area contributed by atoms with Crippen LogP contribution in [0.3, 0.4) is 0 Å². The summed E-state index contributed by atoms with van der Waals surface area (Å²) < 4.78 is 5.98. The van der Waals surface area contributed by atoms with E-state index in [-0.39, 0.29) is 17.6 Å². The van der Waals surface area contributed by atoms with Gasteiger partial charge in [0.15, 0.2) is 0 Å². The summed E-state index contributed by atoms with van der Waals surface area (Å²) in [5.41, 5.74) is 2.40. The maximum Gasteiger partial charge on any atom is 0.269 e. The summed E-state index contributed by atoms with van der Waals surface area (Å²) in [6.07, 6.45) is 0.508. The molecule has 0 saturated heterocycles. The lowest BCUT2D eigenvalue weighted by molar-refractivity contribution is -0.384. The fourth-order valence-electron chi connectivity index (χ4n) is 3.27. The summed E-state index contributed by atoms with van der Waals surface area (Å²) in [7, 11) is 0. The van der Waals surface area contributed by atoms with E-state index in [0.717, 1.165) is 11.3 Å². The second-order valence-corrected chi connectivity index (χ2v) is 7.08. The highest BCUT2D eigenvalue weighted by atomic mass is 35.5. The normalized spacial score (nSPS) is 16.0. The minimum atomic E-state index is -0.448. The summed E-state index contributed by atoms with van der Waals surface area (Å²) in [6, 6.07) is 16.7. The van der Waals surface area contributed by atoms with Crippen molar-refractivity contribution < 1.29 is 14.1 Å². The van der Waals surface area contributed by atoms with Crippen molar-refractivity contribution in [1.29, 1.82) is 0 Å². The molecule has 1 aliphatic rings. The smallest absolute Gasteiger partial charge is 0.269 e. The molecule has 1 unspecified atom stereocenters. The van der Waals surface area contributed by atoms with E-state index in [4.69, 9.17) is 16.0 Å². The SMILES string of the molecule is CC(=O)N1N=C(c2ccc(Cl)cc2)CC1c1ccc(-c2ccc([N+](=O)[O-])cc2)o1. The van der Waals surface area contributed by atoms with Crippen LogP contribution in [0.15, 0.2) is 70.2 Å². The van der Waals surface area contributed by atoms with Gasteiger partial charge in [0.1, 0.15) is 17.6 Å². The zero-order chi connectivity index (χ0) is 20.5. The average molecular weight is 410 g/mol. The molecule has 146 valence electrons. The van der Waals surface area contributed by atoms with Gasteiger partial charge >= 0.3 is 0 Å². The Kier molecular flexibility index (Phi) is 4.90. The van der Waals surface area contributed by atoms with Gasteiger partial charge in [-0.05, 0) is 42.0 Å². The highest BCUT2D eigenvalue weighted by Crippen LogP contribution is 2.36. The van der Waals surface area contributed by atoms with Crippen molar-refractivity contribution in [3.63, 3.8) is 0 Å². The predicted molar refractivity (Wildman–Crippen MR) is 109 cm³/mol. The Bertz CT molecular complexity index is 1100. The highest BCUT2D eigenvalue weighted by Gasteiger charge is 2.33. The first-order valence-electron chi connectivity index (χ1n) is 8.90. The van der Waals surface area contributed by atoms with E-state index in [9.17, 15) is 14.9 Å². The molecule has 0 saturated carbocycles. The average Bonchev–Trinajstić information content (AvgIpc) is 3.36. The maximum absolute atomic E-state index is 12.1. The molecule has 0 spiro atoms. The minimum absolute atomic E-state index is 0.0140. The van der Waals surface area contributed by atoms with Crippen LogP contribution in [0.25, 0.3) is 11.3 Å². The first-order valence-corrected chi connectivity index (χ1v) is 9.28. The Morgan fingerprint density at radius 1 is 1.10 bits per heavy atom. The number of hydrogen-bond acceptors (Lipinski definition) is 5. The van der Waals surface area contributed by atoms with E-state index < -0.39 is 4.92 Å². The van der Waals surface area contributed by atoms with Gasteiger partial charge in [-0.25, -0.2) is 5.01 Å². The van der Waals surface area contributed by atoms with Gasteiger partial charge in [0, 0.05) is 36.1 Å². The predicted octanol–water partition coefficient (Wildman–Crippen LogP) is 5.21. The lowest BCUT2D eigenvalue weighted by atomic mass is 10.0. The molecular weight excluding hydrogens is 394 g/mol. The molecule has 0 radical (unpaired) electrons. The molecule has 29 heavy (non-hydrogen) atoms. The highest BCUT2D eigenvalue weighted by molar-refractivity contribution is 6.30. The topological polar surface area (TPSA) is 89.0 Å². The van der Waals surface area contributed by atoms with E-state index in [2.05, 4.69) is 5.10 Å². The number of nitro groups is 1. The number of carbonyl (C=O) groups excluding carboxylic acids is 1. The van der Waals surface area contributed by atoms with Crippen molar-refractivity contribution in [1.82, 2.24) is 5.01 Å². The van der Waals surface area contributed by atoms with E-state index in [1.165, 1.54) is 24.1 Å². The molecule has 3 aromatic rings. The Morgan fingerprint density at radius 3 is 2.38 bits per heavy atom. The van der Waals surface area contributed by atoms with Crippen LogP contribution in [-0.2, 0) is 4.79 Å². The molecular formula is C21H16ClN3O4. The number of rotatable bonds is 4. The van der Waals surface area contributed by atoms with Gasteiger partial charge in [-0.2, -0.15) is 5.10 Å². The third-order valence-corrected chi connectivity index (χ3v) is 4.98. The van der Waals surface area contributed by atoms with Gasteiger partial charge in [0.05, 0.1) is 10.6 Å². The first kappa shape index (κ1) is 18.9. The number of halogens is 1. The van der Waals surface area contributed by atoms with E-state index in [0.29, 0.717) is 28.5 Å². The Labute approximate surface area is 171 Å². The zero-order valence-electron chi connectivity index (χ0n) is 15.4.